The maximum atomic E-state index is 12.1. The molecular formula is C18H18N2O3. The molecule has 0 atom stereocenters. The zero-order chi connectivity index (χ0) is 16.2. The quantitative estimate of drug-likeness (QED) is 0.780. The molecule has 0 unspecified atom stereocenters. The van der Waals surface area contributed by atoms with Gasteiger partial charge in [-0.25, -0.2) is 4.98 Å². The van der Waals surface area contributed by atoms with Crippen LogP contribution in [0.2, 0.25) is 0 Å². The first-order valence-corrected chi connectivity index (χ1v) is 7.53. The molecule has 0 aliphatic rings. The average Bonchev–Trinajstić information content (AvgIpc) is 2.89. The number of fused-ring (bicyclic) bond motifs is 1. The molecular weight excluding hydrogens is 292 g/mol. The molecule has 3 aromatic rings. The summed E-state index contributed by atoms with van der Waals surface area (Å²) in [7, 11) is 0. The maximum Gasteiger partial charge on any atom is 0.228 e. The summed E-state index contributed by atoms with van der Waals surface area (Å²) < 4.78 is 10.9. The second-order valence-corrected chi connectivity index (χ2v) is 5.22. The van der Waals surface area contributed by atoms with Crippen LogP contribution >= 0.6 is 0 Å². The number of carbonyl (C=O) groups is 1. The van der Waals surface area contributed by atoms with Gasteiger partial charge in [0.25, 0.3) is 0 Å². The van der Waals surface area contributed by atoms with Gasteiger partial charge in [-0.2, -0.15) is 0 Å². The van der Waals surface area contributed by atoms with E-state index in [9.17, 15) is 4.79 Å². The van der Waals surface area contributed by atoms with Crippen LogP contribution in [0.3, 0.4) is 0 Å². The molecule has 118 valence electrons. The van der Waals surface area contributed by atoms with Crippen LogP contribution in [0.15, 0.2) is 46.9 Å². The van der Waals surface area contributed by atoms with Crippen molar-refractivity contribution in [3.63, 3.8) is 0 Å². The van der Waals surface area contributed by atoms with Gasteiger partial charge in [0, 0.05) is 12.6 Å². The van der Waals surface area contributed by atoms with Crippen LogP contribution in [0.25, 0.3) is 11.1 Å². The summed E-state index contributed by atoms with van der Waals surface area (Å²) in [5, 5.41) is 2.87. The van der Waals surface area contributed by atoms with Gasteiger partial charge >= 0.3 is 0 Å². The smallest absolute Gasteiger partial charge is 0.228 e. The van der Waals surface area contributed by atoms with Crippen molar-refractivity contribution in [2.24, 2.45) is 0 Å². The molecule has 0 saturated carbocycles. The van der Waals surface area contributed by atoms with Gasteiger partial charge in [-0.3, -0.25) is 4.79 Å². The number of nitrogens with one attached hydrogen (secondary N) is 1. The Morgan fingerprint density at radius 1 is 1.22 bits per heavy atom. The first-order valence-electron chi connectivity index (χ1n) is 7.53. The SMILES string of the molecule is CCOc1ccc(NC(=O)Cc2ccc3nc(C)oc3c2)cc1. The van der Waals surface area contributed by atoms with Crippen LogP contribution < -0.4 is 10.1 Å². The minimum absolute atomic E-state index is 0.0789. The van der Waals surface area contributed by atoms with Crippen molar-refractivity contribution in [1.82, 2.24) is 4.98 Å². The number of nitrogens with zero attached hydrogens (tertiary/aromatic N) is 1. The number of rotatable bonds is 5. The lowest BCUT2D eigenvalue weighted by Gasteiger charge is -2.07. The lowest BCUT2D eigenvalue weighted by molar-refractivity contribution is -0.115. The third kappa shape index (κ3) is 3.69. The highest BCUT2D eigenvalue weighted by Gasteiger charge is 2.08. The number of aromatic nitrogens is 1. The molecule has 1 aromatic heterocycles. The topological polar surface area (TPSA) is 64.4 Å². The lowest BCUT2D eigenvalue weighted by atomic mass is 10.1. The van der Waals surface area contributed by atoms with Crippen molar-refractivity contribution < 1.29 is 13.9 Å². The lowest BCUT2D eigenvalue weighted by Crippen LogP contribution is -2.14. The molecule has 0 bridgehead atoms. The molecule has 0 radical (unpaired) electrons. The van der Waals surface area contributed by atoms with Gasteiger partial charge in [0.1, 0.15) is 11.3 Å². The molecule has 0 spiro atoms. The van der Waals surface area contributed by atoms with Crippen LogP contribution in [0.5, 0.6) is 5.75 Å². The highest BCUT2D eigenvalue weighted by Crippen LogP contribution is 2.18. The Morgan fingerprint density at radius 3 is 2.74 bits per heavy atom. The predicted octanol–water partition coefficient (Wildman–Crippen LogP) is 3.72. The molecule has 0 fully saturated rings. The maximum absolute atomic E-state index is 12.1. The van der Waals surface area contributed by atoms with E-state index < -0.39 is 0 Å². The summed E-state index contributed by atoms with van der Waals surface area (Å²) in [5.41, 5.74) is 3.14. The summed E-state index contributed by atoms with van der Waals surface area (Å²) in [5.74, 6) is 1.33. The van der Waals surface area contributed by atoms with E-state index in [4.69, 9.17) is 9.15 Å². The van der Waals surface area contributed by atoms with E-state index >= 15 is 0 Å². The first kappa shape index (κ1) is 15.1. The summed E-state index contributed by atoms with van der Waals surface area (Å²) in [6, 6.07) is 12.9. The molecule has 1 heterocycles. The van der Waals surface area contributed by atoms with Gasteiger partial charge in [-0.15, -0.1) is 0 Å². The Kier molecular flexibility index (Phi) is 4.28. The van der Waals surface area contributed by atoms with Gasteiger partial charge in [0.2, 0.25) is 5.91 Å². The molecule has 23 heavy (non-hydrogen) atoms. The van der Waals surface area contributed by atoms with Crippen molar-refractivity contribution in [1.29, 1.82) is 0 Å². The molecule has 0 aliphatic heterocycles. The molecule has 2 aromatic carbocycles. The fraction of sp³-hybridized carbons (Fsp3) is 0.222. The van der Waals surface area contributed by atoms with Crippen LogP contribution in [-0.2, 0) is 11.2 Å². The number of carbonyl (C=O) groups excluding carboxylic acids is 1. The van der Waals surface area contributed by atoms with E-state index in [0.29, 0.717) is 18.1 Å². The van der Waals surface area contributed by atoms with E-state index in [1.807, 2.05) is 49.4 Å². The first-order chi connectivity index (χ1) is 11.1. The molecule has 5 nitrogen and oxygen atoms in total. The summed E-state index contributed by atoms with van der Waals surface area (Å²) in [4.78, 5) is 16.4. The van der Waals surface area contributed by atoms with Crippen molar-refractivity contribution in [2.45, 2.75) is 20.3 Å². The fourth-order valence-electron chi connectivity index (χ4n) is 2.39. The van der Waals surface area contributed by atoms with Crippen molar-refractivity contribution >= 4 is 22.7 Å². The van der Waals surface area contributed by atoms with Crippen LogP contribution in [-0.4, -0.2) is 17.5 Å². The fourth-order valence-corrected chi connectivity index (χ4v) is 2.39. The molecule has 0 saturated heterocycles. The number of benzene rings is 2. The van der Waals surface area contributed by atoms with Crippen molar-refractivity contribution in [3.05, 3.63) is 53.9 Å². The minimum atomic E-state index is -0.0789. The molecule has 0 aliphatic carbocycles. The predicted molar refractivity (Wildman–Crippen MR) is 88.7 cm³/mol. The Labute approximate surface area is 134 Å². The third-order valence-electron chi connectivity index (χ3n) is 3.37. The molecule has 1 amide bonds. The second-order valence-electron chi connectivity index (χ2n) is 5.22. The van der Waals surface area contributed by atoms with Crippen molar-refractivity contribution in [3.8, 4) is 5.75 Å². The number of oxazole rings is 1. The van der Waals surface area contributed by atoms with E-state index in [2.05, 4.69) is 10.3 Å². The van der Waals surface area contributed by atoms with Crippen LogP contribution in [0.1, 0.15) is 18.4 Å². The Bertz CT molecular complexity index is 822. The summed E-state index contributed by atoms with van der Waals surface area (Å²) in [6.07, 6.45) is 0.281. The Hall–Kier alpha value is -2.82. The number of amides is 1. The number of aryl methyl sites for hydroxylation is 1. The van der Waals surface area contributed by atoms with E-state index in [-0.39, 0.29) is 12.3 Å². The number of ether oxygens (including phenoxy) is 1. The van der Waals surface area contributed by atoms with Crippen molar-refractivity contribution in [2.75, 3.05) is 11.9 Å². The van der Waals surface area contributed by atoms with Gasteiger partial charge < -0.3 is 14.5 Å². The van der Waals surface area contributed by atoms with Gasteiger partial charge in [0.15, 0.2) is 11.5 Å². The second kappa shape index (κ2) is 6.52. The monoisotopic (exact) mass is 310 g/mol. The zero-order valence-electron chi connectivity index (χ0n) is 13.1. The molecule has 3 rings (SSSR count). The average molecular weight is 310 g/mol. The zero-order valence-corrected chi connectivity index (χ0v) is 13.1. The minimum Gasteiger partial charge on any atom is -0.494 e. The van der Waals surface area contributed by atoms with Crippen LogP contribution in [0, 0.1) is 6.92 Å². The summed E-state index contributed by atoms with van der Waals surface area (Å²) >= 11 is 0. The van der Waals surface area contributed by atoms with E-state index in [0.717, 1.165) is 22.5 Å². The Balaban J connectivity index is 1.65. The highest BCUT2D eigenvalue weighted by molar-refractivity contribution is 5.92. The van der Waals surface area contributed by atoms with Gasteiger partial charge in [0.05, 0.1) is 13.0 Å². The van der Waals surface area contributed by atoms with Crippen LogP contribution in [0.4, 0.5) is 5.69 Å². The third-order valence-corrected chi connectivity index (χ3v) is 3.37. The van der Waals surface area contributed by atoms with Gasteiger partial charge in [-0.05, 0) is 48.9 Å². The normalized spacial score (nSPS) is 10.7. The molecule has 1 N–H and O–H groups in total. The molecule has 5 heteroatoms. The van der Waals surface area contributed by atoms with E-state index in [1.54, 1.807) is 6.92 Å². The summed E-state index contributed by atoms with van der Waals surface area (Å²) in [6.45, 7) is 4.36. The Morgan fingerprint density at radius 2 is 2.00 bits per heavy atom. The number of hydrogen-bond donors (Lipinski definition) is 1. The highest BCUT2D eigenvalue weighted by atomic mass is 16.5. The number of hydrogen-bond acceptors (Lipinski definition) is 4. The standard InChI is InChI=1S/C18H18N2O3/c1-3-22-15-7-5-14(6-8-15)20-18(21)11-13-4-9-16-17(10-13)23-12(2)19-16/h4-10H,3,11H2,1-2H3,(H,20,21). The van der Waals surface area contributed by atoms with Gasteiger partial charge in [-0.1, -0.05) is 6.07 Å². The number of anilines is 1. The van der Waals surface area contributed by atoms with E-state index in [1.165, 1.54) is 0 Å². The largest absolute Gasteiger partial charge is 0.494 e.